The average Bonchev–Trinajstić information content (AvgIpc) is 3.12. The van der Waals surface area contributed by atoms with Gasteiger partial charge in [-0.3, -0.25) is 10.1 Å². The standard InChI is InChI=1S/C36H34BrN9O6/c1-5-45(6-2)22-9-14-29(43-44-33-21(20-38)15-23(46(49)50)16-28(33)37)30(17-22)39-36-41-34(26-12-10-24(51-7-3)18-31(26)47)40-35(42-36)27-13-11-25(52-8-4)19-32(27)48/h9-19,47-48H,5-8H2,1-4H3,(H,39,40,41,42). The molecule has 16 heteroatoms. The Morgan fingerprint density at radius 2 is 1.46 bits per heavy atom. The van der Waals surface area contributed by atoms with Crippen molar-refractivity contribution in [2.45, 2.75) is 27.7 Å². The quantitative estimate of drug-likeness (QED) is 0.0550. The number of azo groups is 1. The summed E-state index contributed by atoms with van der Waals surface area (Å²) in [5, 5.41) is 55.0. The number of nitrogens with one attached hydrogen (secondary N) is 1. The van der Waals surface area contributed by atoms with Gasteiger partial charge in [-0.2, -0.15) is 15.2 Å². The van der Waals surface area contributed by atoms with E-state index in [4.69, 9.17) is 9.47 Å². The summed E-state index contributed by atoms with van der Waals surface area (Å²) >= 11 is 3.29. The third kappa shape index (κ3) is 8.33. The van der Waals surface area contributed by atoms with Gasteiger partial charge >= 0.3 is 0 Å². The molecule has 0 unspecified atom stereocenters. The molecule has 0 spiro atoms. The fourth-order valence-electron chi connectivity index (χ4n) is 5.18. The van der Waals surface area contributed by atoms with E-state index >= 15 is 0 Å². The number of nitriles is 1. The largest absolute Gasteiger partial charge is 0.507 e. The first-order valence-electron chi connectivity index (χ1n) is 16.2. The van der Waals surface area contributed by atoms with E-state index < -0.39 is 4.92 Å². The molecule has 4 aromatic carbocycles. The molecule has 52 heavy (non-hydrogen) atoms. The van der Waals surface area contributed by atoms with E-state index in [1.807, 2.05) is 45.9 Å². The second-order valence-electron chi connectivity index (χ2n) is 10.9. The minimum atomic E-state index is -0.599. The lowest BCUT2D eigenvalue weighted by molar-refractivity contribution is -0.384. The number of hydrogen-bond acceptors (Lipinski definition) is 14. The molecule has 5 aromatic rings. The predicted molar refractivity (Wildman–Crippen MR) is 199 cm³/mol. The molecule has 0 saturated carbocycles. The Morgan fingerprint density at radius 1 is 0.865 bits per heavy atom. The first-order valence-corrected chi connectivity index (χ1v) is 17.0. The second kappa shape index (κ2) is 16.6. The van der Waals surface area contributed by atoms with Gasteiger partial charge in [-0.25, -0.2) is 4.98 Å². The van der Waals surface area contributed by atoms with Gasteiger partial charge in [0.1, 0.15) is 40.4 Å². The van der Waals surface area contributed by atoms with E-state index in [2.05, 4.69) is 51.3 Å². The fourth-order valence-corrected chi connectivity index (χ4v) is 5.71. The molecule has 3 N–H and O–H groups in total. The lowest BCUT2D eigenvalue weighted by Crippen LogP contribution is -2.21. The summed E-state index contributed by atoms with van der Waals surface area (Å²) in [6.45, 7) is 9.96. The Kier molecular flexibility index (Phi) is 11.8. The molecule has 0 saturated heterocycles. The van der Waals surface area contributed by atoms with Crippen LogP contribution in [0, 0.1) is 21.4 Å². The maximum Gasteiger partial charge on any atom is 0.272 e. The number of halogens is 1. The molecule has 5 rings (SSSR count). The van der Waals surface area contributed by atoms with Crippen LogP contribution >= 0.6 is 15.9 Å². The number of nitro groups is 1. The van der Waals surface area contributed by atoms with Crippen LogP contribution in [0.3, 0.4) is 0 Å². The average molecular weight is 769 g/mol. The summed E-state index contributed by atoms with van der Waals surface area (Å²) in [7, 11) is 0. The smallest absolute Gasteiger partial charge is 0.272 e. The van der Waals surface area contributed by atoms with Crippen molar-refractivity contribution in [3.8, 4) is 51.8 Å². The minimum absolute atomic E-state index is 0.0452. The molecular formula is C36H34BrN9O6. The number of benzene rings is 4. The third-order valence-corrected chi connectivity index (χ3v) is 8.27. The molecule has 0 bridgehead atoms. The van der Waals surface area contributed by atoms with Crippen LogP contribution in [0.2, 0.25) is 0 Å². The van der Waals surface area contributed by atoms with Crippen LogP contribution in [0.25, 0.3) is 22.8 Å². The normalized spacial score (nSPS) is 10.9. The number of hydrogen-bond donors (Lipinski definition) is 3. The van der Waals surface area contributed by atoms with Crippen molar-refractivity contribution in [1.29, 1.82) is 5.26 Å². The zero-order chi connectivity index (χ0) is 37.4. The third-order valence-electron chi connectivity index (χ3n) is 7.67. The number of phenols is 2. The van der Waals surface area contributed by atoms with Crippen LogP contribution in [-0.2, 0) is 0 Å². The molecule has 0 aliphatic rings. The van der Waals surface area contributed by atoms with Crippen molar-refractivity contribution < 1.29 is 24.6 Å². The lowest BCUT2D eigenvalue weighted by Gasteiger charge is -2.22. The fraction of sp³-hybridized carbons (Fsp3) is 0.222. The summed E-state index contributed by atoms with van der Waals surface area (Å²) in [5.41, 5.74) is 1.94. The van der Waals surface area contributed by atoms with Gasteiger partial charge in [0.25, 0.3) is 5.69 Å². The van der Waals surface area contributed by atoms with Crippen molar-refractivity contribution >= 4 is 50.3 Å². The summed E-state index contributed by atoms with van der Waals surface area (Å²) in [4.78, 5) is 26.8. The molecule has 0 radical (unpaired) electrons. The maximum absolute atomic E-state index is 11.4. The van der Waals surface area contributed by atoms with Crippen molar-refractivity contribution in [3.05, 3.63) is 86.9 Å². The first kappa shape index (κ1) is 36.9. The van der Waals surface area contributed by atoms with Crippen molar-refractivity contribution in [2.75, 3.05) is 36.5 Å². The van der Waals surface area contributed by atoms with Gasteiger partial charge in [0.2, 0.25) is 5.95 Å². The number of non-ortho nitro benzene ring substituents is 1. The Hall–Kier alpha value is -6.34. The van der Waals surface area contributed by atoms with Crippen LogP contribution in [0.5, 0.6) is 23.0 Å². The summed E-state index contributed by atoms with van der Waals surface area (Å²) < 4.78 is 11.3. The number of ether oxygens (including phenoxy) is 2. The van der Waals surface area contributed by atoms with Crippen LogP contribution < -0.4 is 19.7 Å². The topological polar surface area (TPSA) is 205 Å². The molecule has 0 fully saturated rings. The van der Waals surface area contributed by atoms with Gasteiger partial charge in [0.15, 0.2) is 11.6 Å². The Labute approximate surface area is 307 Å². The van der Waals surface area contributed by atoms with Crippen LogP contribution in [0.15, 0.2) is 81.4 Å². The van der Waals surface area contributed by atoms with E-state index in [9.17, 15) is 25.6 Å². The molecule has 0 aliphatic carbocycles. The van der Waals surface area contributed by atoms with Gasteiger partial charge in [0, 0.05) is 43.0 Å². The molecule has 266 valence electrons. The molecular weight excluding hydrogens is 734 g/mol. The molecule has 15 nitrogen and oxygen atoms in total. The van der Waals surface area contributed by atoms with E-state index in [0.717, 1.165) is 11.8 Å². The number of phenolic OH excluding ortho intramolecular Hbond substituents is 2. The monoisotopic (exact) mass is 767 g/mol. The Morgan fingerprint density at radius 3 is 1.96 bits per heavy atom. The Bertz CT molecular complexity index is 2110. The molecule has 0 atom stereocenters. The van der Waals surface area contributed by atoms with Crippen molar-refractivity contribution in [1.82, 2.24) is 15.0 Å². The second-order valence-corrected chi connectivity index (χ2v) is 11.8. The number of nitro benzene ring substituents is 1. The zero-order valence-corrected chi connectivity index (χ0v) is 30.2. The number of nitrogens with zero attached hydrogens (tertiary/aromatic N) is 8. The molecule has 1 heterocycles. The maximum atomic E-state index is 11.4. The zero-order valence-electron chi connectivity index (χ0n) is 28.7. The van der Waals surface area contributed by atoms with Gasteiger partial charge in [-0.05, 0) is 86.1 Å². The Balaban J connectivity index is 1.66. The van der Waals surface area contributed by atoms with Gasteiger partial charge in [0.05, 0.1) is 45.0 Å². The van der Waals surface area contributed by atoms with E-state index in [1.54, 1.807) is 30.3 Å². The van der Waals surface area contributed by atoms with E-state index in [-0.39, 0.29) is 61.6 Å². The van der Waals surface area contributed by atoms with E-state index in [1.165, 1.54) is 18.2 Å². The molecule has 1 aromatic heterocycles. The summed E-state index contributed by atoms with van der Waals surface area (Å²) in [6.07, 6.45) is 0. The van der Waals surface area contributed by atoms with Crippen LogP contribution in [-0.4, -0.2) is 56.4 Å². The molecule has 0 amide bonds. The predicted octanol–water partition coefficient (Wildman–Crippen LogP) is 8.96. The number of aromatic nitrogens is 3. The SMILES string of the molecule is CCOc1ccc(-c2nc(Nc3cc(N(CC)CC)ccc3N=Nc3c(Br)cc([N+](=O)[O-])cc3C#N)nc(-c3ccc(OCC)cc3O)n2)c(O)c1. The lowest BCUT2D eigenvalue weighted by atomic mass is 10.1. The highest BCUT2D eigenvalue weighted by Crippen LogP contribution is 2.39. The number of aromatic hydroxyl groups is 2. The highest BCUT2D eigenvalue weighted by Gasteiger charge is 2.19. The van der Waals surface area contributed by atoms with Crippen molar-refractivity contribution in [3.63, 3.8) is 0 Å². The van der Waals surface area contributed by atoms with Gasteiger partial charge < -0.3 is 29.9 Å². The highest BCUT2D eigenvalue weighted by molar-refractivity contribution is 9.10. The minimum Gasteiger partial charge on any atom is -0.507 e. The van der Waals surface area contributed by atoms with Crippen LogP contribution in [0.1, 0.15) is 33.3 Å². The summed E-state index contributed by atoms with van der Waals surface area (Å²) in [6, 6.07) is 19.3. The van der Waals surface area contributed by atoms with E-state index in [0.29, 0.717) is 49.2 Å². The van der Waals surface area contributed by atoms with Gasteiger partial charge in [-0.1, -0.05) is 0 Å². The molecule has 0 aliphatic heterocycles. The first-order chi connectivity index (χ1) is 25.1. The highest BCUT2D eigenvalue weighted by atomic mass is 79.9. The summed E-state index contributed by atoms with van der Waals surface area (Å²) in [5.74, 6) is 0.889. The number of anilines is 3. The van der Waals surface area contributed by atoms with Crippen molar-refractivity contribution in [2.24, 2.45) is 10.2 Å². The van der Waals surface area contributed by atoms with Gasteiger partial charge in [-0.15, -0.1) is 10.2 Å². The van der Waals surface area contributed by atoms with Crippen LogP contribution in [0.4, 0.5) is 34.4 Å². The number of rotatable bonds is 14.